The summed E-state index contributed by atoms with van der Waals surface area (Å²) in [6.07, 6.45) is 3.05. The topological polar surface area (TPSA) is 81.2 Å². The second kappa shape index (κ2) is 9.55. The number of carbonyl (C=O) groups excluding carboxylic acids is 4. The van der Waals surface area contributed by atoms with Crippen LogP contribution in [0.25, 0.3) is 43.1 Å². The number of carbonyl (C=O) groups is 4. The van der Waals surface area contributed by atoms with E-state index in [4.69, 9.17) is 0 Å². The molecular weight excluding hydrogens is 632 g/mol. The number of imide groups is 2. The molecule has 2 saturated heterocycles. The standard InChI is InChI=1S/C36H31BrN4O4/c1-38-13-9-18(10-14-38)40-33(42)23-6-3-20-21-4-7-25-30-26(36(45)41(35(25)44)19-11-15-39(2)16-12-19)17-27(37)31(32(21)30)22-5-8-24(34(40)43)29(23)28(20)22/h3-8,17-19H,9-16H2,1-2H3. The Morgan fingerprint density at radius 3 is 1.40 bits per heavy atom. The molecule has 0 bridgehead atoms. The first-order valence-corrected chi connectivity index (χ1v) is 16.6. The largest absolute Gasteiger partial charge is 0.306 e. The molecule has 0 saturated carbocycles. The van der Waals surface area contributed by atoms with E-state index in [1.54, 1.807) is 0 Å². The van der Waals surface area contributed by atoms with Gasteiger partial charge in [0.05, 0.1) is 0 Å². The van der Waals surface area contributed by atoms with Crippen molar-refractivity contribution in [2.45, 2.75) is 37.8 Å². The highest BCUT2D eigenvalue weighted by Crippen LogP contribution is 2.49. The zero-order valence-corrected chi connectivity index (χ0v) is 26.7. The van der Waals surface area contributed by atoms with Gasteiger partial charge in [0.1, 0.15) is 0 Å². The smallest absolute Gasteiger partial charge is 0.261 e. The molecule has 0 aliphatic carbocycles. The van der Waals surface area contributed by atoms with Gasteiger partial charge in [0, 0.05) is 60.4 Å². The Kier molecular flexibility index (Phi) is 5.81. The maximum absolute atomic E-state index is 14.1. The molecule has 5 aromatic carbocycles. The van der Waals surface area contributed by atoms with Crippen molar-refractivity contribution >= 4 is 82.6 Å². The summed E-state index contributed by atoms with van der Waals surface area (Å²) < 4.78 is 0.752. The van der Waals surface area contributed by atoms with Crippen LogP contribution in [-0.4, -0.2) is 95.6 Å². The van der Waals surface area contributed by atoms with Crippen LogP contribution < -0.4 is 0 Å². The van der Waals surface area contributed by atoms with Gasteiger partial charge in [0.15, 0.2) is 0 Å². The normalized spacial score (nSPS) is 20.7. The number of amides is 4. The first-order valence-electron chi connectivity index (χ1n) is 15.8. The van der Waals surface area contributed by atoms with Crippen LogP contribution in [0.2, 0.25) is 0 Å². The van der Waals surface area contributed by atoms with Crippen LogP contribution in [0.4, 0.5) is 0 Å². The highest BCUT2D eigenvalue weighted by Gasteiger charge is 2.42. The Bertz CT molecular complexity index is 2160. The average Bonchev–Trinajstić information content (AvgIpc) is 3.04. The van der Waals surface area contributed by atoms with Gasteiger partial charge in [-0.2, -0.15) is 0 Å². The molecule has 0 N–H and O–H groups in total. The molecule has 4 amide bonds. The van der Waals surface area contributed by atoms with E-state index >= 15 is 0 Å². The molecule has 0 radical (unpaired) electrons. The third-order valence-corrected chi connectivity index (χ3v) is 11.5. The zero-order valence-electron chi connectivity index (χ0n) is 25.2. The predicted octanol–water partition coefficient (Wildman–Crippen LogP) is 5.88. The number of halogens is 1. The van der Waals surface area contributed by atoms with Crippen molar-refractivity contribution in [2.75, 3.05) is 40.3 Å². The van der Waals surface area contributed by atoms with Gasteiger partial charge < -0.3 is 9.80 Å². The molecule has 5 aromatic rings. The number of rotatable bonds is 2. The maximum atomic E-state index is 14.1. The Hall–Kier alpha value is -3.92. The Balaban J connectivity index is 1.27. The van der Waals surface area contributed by atoms with Crippen LogP contribution in [0.15, 0.2) is 46.9 Å². The summed E-state index contributed by atoms with van der Waals surface area (Å²) in [5.74, 6) is -0.937. The molecule has 0 spiro atoms. The van der Waals surface area contributed by atoms with Crippen LogP contribution in [0.1, 0.15) is 67.1 Å². The van der Waals surface area contributed by atoms with E-state index in [0.29, 0.717) is 33.0 Å². The first-order chi connectivity index (χ1) is 21.7. The number of fused-ring (bicyclic) bond motifs is 2. The van der Waals surface area contributed by atoms with Crippen LogP contribution in [0.5, 0.6) is 0 Å². The highest BCUT2D eigenvalue weighted by atomic mass is 79.9. The van der Waals surface area contributed by atoms with Gasteiger partial charge >= 0.3 is 0 Å². The van der Waals surface area contributed by atoms with Crippen molar-refractivity contribution in [3.05, 3.63) is 69.2 Å². The van der Waals surface area contributed by atoms with Crippen molar-refractivity contribution in [3.8, 4) is 0 Å². The molecule has 226 valence electrons. The quantitative estimate of drug-likeness (QED) is 0.133. The average molecular weight is 664 g/mol. The lowest BCUT2D eigenvalue weighted by atomic mass is 9.81. The summed E-state index contributed by atoms with van der Waals surface area (Å²) in [5.41, 5.74) is 2.18. The molecule has 4 aliphatic rings. The Morgan fingerprint density at radius 1 is 0.511 bits per heavy atom. The molecule has 9 heteroatoms. The van der Waals surface area contributed by atoms with Gasteiger partial charge in [-0.1, -0.05) is 34.1 Å². The zero-order chi connectivity index (χ0) is 30.9. The number of piperidine rings is 2. The molecule has 8 nitrogen and oxygen atoms in total. The number of nitrogens with zero attached hydrogens (tertiary/aromatic N) is 4. The molecule has 9 rings (SSSR count). The summed E-state index contributed by atoms with van der Waals surface area (Å²) in [6, 6.07) is 13.1. The Labute approximate surface area is 268 Å². The van der Waals surface area contributed by atoms with Crippen molar-refractivity contribution in [2.24, 2.45) is 0 Å². The third-order valence-electron chi connectivity index (χ3n) is 10.9. The summed E-state index contributed by atoms with van der Waals surface area (Å²) in [6.45, 7) is 3.39. The van der Waals surface area contributed by atoms with E-state index in [2.05, 4.69) is 39.8 Å². The lowest BCUT2D eigenvalue weighted by Gasteiger charge is -2.39. The van der Waals surface area contributed by atoms with Crippen LogP contribution >= 0.6 is 15.9 Å². The van der Waals surface area contributed by atoms with Crippen LogP contribution in [-0.2, 0) is 0 Å². The molecular formula is C36H31BrN4O4. The molecule has 45 heavy (non-hydrogen) atoms. The molecule has 0 unspecified atom stereocenters. The molecule has 4 heterocycles. The molecule has 4 aliphatic heterocycles. The van der Waals surface area contributed by atoms with Gasteiger partial charge in [-0.3, -0.25) is 29.0 Å². The SMILES string of the molecule is CN1CCC(N2C(=O)c3ccc4c5ccc6c7c(cc(Br)c(c8ccc(c3c48)C2=O)c75)C(=O)N(C2CCN(C)CC2)C6=O)CC1. The predicted molar refractivity (Wildman–Crippen MR) is 177 cm³/mol. The van der Waals surface area contributed by atoms with Crippen LogP contribution in [0.3, 0.4) is 0 Å². The fourth-order valence-corrected chi connectivity index (χ4v) is 9.17. The van der Waals surface area contributed by atoms with Gasteiger partial charge in [-0.25, -0.2) is 0 Å². The molecule has 2 fully saturated rings. The number of hydrogen-bond donors (Lipinski definition) is 0. The maximum Gasteiger partial charge on any atom is 0.261 e. The number of hydrogen-bond acceptors (Lipinski definition) is 6. The summed E-state index contributed by atoms with van der Waals surface area (Å²) in [5, 5.41) is 6.67. The molecule has 0 atom stereocenters. The third kappa shape index (κ3) is 3.60. The molecule has 0 aromatic heterocycles. The first kappa shape index (κ1) is 27.4. The van der Waals surface area contributed by atoms with E-state index in [-0.39, 0.29) is 35.7 Å². The second-order valence-electron chi connectivity index (χ2n) is 13.3. The van der Waals surface area contributed by atoms with Gasteiger partial charge in [0.25, 0.3) is 23.6 Å². The minimum Gasteiger partial charge on any atom is -0.306 e. The van der Waals surface area contributed by atoms with Crippen molar-refractivity contribution < 1.29 is 19.2 Å². The van der Waals surface area contributed by atoms with E-state index in [0.717, 1.165) is 88.7 Å². The lowest BCUT2D eigenvalue weighted by Crippen LogP contribution is -2.51. The highest BCUT2D eigenvalue weighted by molar-refractivity contribution is 9.10. The second-order valence-corrected chi connectivity index (χ2v) is 14.1. The van der Waals surface area contributed by atoms with E-state index < -0.39 is 0 Å². The van der Waals surface area contributed by atoms with E-state index in [1.807, 2.05) is 42.5 Å². The summed E-state index contributed by atoms with van der Waals surface area (Å²) in [4.78, 5) is 63.6. The van der Waals surface area contributed by atoms with Gasteiger partial charge in [-0.05, 0) is 112 Å². The van der Waals surface area contributed by atoms with Gasteiger partial charge in [-0.15, -0.1) is 0 Å². The summed E-state index contributed by atoms with van der Waals surface area (Å²) in [7, 11) is 4.13. The van der Waals surface area contributed by atoms with Crippen molar-refractivity contribution in [3.63, 3.8) is 0 Å². The van der Waals surface area contributed by atoms with Crippen LogP contribution in [0, 0.1) is 0 Å². The fraction of sp³-hybridized carbons (Fsp3) is 0.333. The van der Waals surface area contributed by atoms with Crippen molar-refractivity contribution in [1.82, 2.24) is 19.6 Å². The van der Waals surface area contributed by atoms with E-state index in [9.17, 15) is 19.2 Å². The van der Waals surface area contributed by atoms with Gasteiger partial charge in [0.2, 0.25) is 0 Å². The van der Waals surface area contributed by atoms with E-state index in [1.165, 1.54) is 9.80 Å². The summed E-state index contributed by atoms with van der Waals surface area (Å²) >= 11 is 3.82. The lowest BCUT2D eigenvalue weighted by molar-refractivity contribution is 0.0456. The fourth-order valence-electron chi connectivity index (χ4n) is 8.53. The number of likely N-dealkylation sites (tertiary alicyclic amines) is 2. The van der Waals surface area contributed by atoms with Crippen molar-refractivity contribution in [1.29, 1.82) is 0 Å². The minimum absolute atomic E-state index is 0.119. The Morgan fingerprint density at radius 2 is 0.911 bits per heavy atom. The minimum atomic E-state index is -0.243. The number of benzene rings is 5. The monoisotopic (exact) mass is 662 g/mol.